The summed E-state index contributed by atoms with van der Waals surface area (Å²) in [6, 6.07) is 8.48. The van der Waals surface area contributed by atoms with E-state index in [1.54, 1.807) is 0 Å². The van der Waals surface area contributed by atoms with Gasteiger partial charge in [-0.2, -0.15) is 0 Å². The van der Waals surface area contributed by atoms with Crippen LogP contribution in [0.1, 0.15) is 49.7 Å². The molecule has 0 radical (unpaired) electrons. The number of likely N-dealkylation sites (N-methyl/N-ethyl adjacent to an activating group) is 1. The normalized spacial score (nSPS) is 16.7. The lowest BCUT2D eigenvalue weighted by Crippen LogP contribution is -2.37. The van der Waals surface area contributed by atoms with Crippen LogP contribution in [0.5, 0.6) is 0 Å². The predicted molar refractivity (Wildman–Crippen MR) is 82.3 cm³/mol. The van der Waals surface area contributed by atoms with E-state index in [2.05, 4.69) is 0 Å². The average molecular weight is 274 g/mol. The molecule has 1 saturated carbocycles. The molecule has 1 aromatic rings. The Kier molecular flexibility index (Phi) is 5.60. The molecule has 20 heavy (non-hydrogen) atoms. The largest absolute Gasteiger partial charge is 0.342 e. The fourth-order valence-corrected chi connectivity index (χ4v) is 2.94. The van der Waals surface area contributed by atoms with Crippen LogP contribution in [0.2, 0.25) is 0 Å². The molecule has 3 heteroatoms. The van der Waals surface area contributed by atoms with Crippen LogP contribution in [-0.2, 0) is 17.8 Å². The molecule has 0 spiro atoms. The van der Waals surface area contributed by atoms with E-state index < -0.39 is 0 Å². The fraction of sp³-hybridized carbons (Fsp3) is 0.588. The Morgan fingerprint density at radius 1 is 1.10 bits per heavy atom. The zero-order chi connectivity index (χ0) is 14.4. The minimum atomic E-state index is 0.234. The van der Waals surface area contributed by atoms with Crippen molar-refractivity contribution in [2.24, 2.45) is 5.73 Å². The van der Waals surface area contributed by atoms with Crippen LogP contribution in [0.4, 0.5) is 0 Å². The van der Waals surface area contributed by atoms with E-state index in [4.69, 9.17) is 5.73 Å². The second kappa shape index (κ2) is 7.44. The molecule has 0 heterocycles. The maximum Gasteiger partial charge on any atom is 0.226 e. The summed E-state index contributed by atoms with van der Waals surface area (Å²) in [5, 5.41) is 0. The van der Waals surface area contributed by atoms with Gasteiger partial charge in [0.15, 0.2) is 0 Å². The minimum absolute atomic E-state index is 0.234. The number of nitrogens with zero attached hydrogens (tertiary/aromatic N) is 1. The minimum Gasteiger partial charge on any atom is -0.342 e. The van der Waals surface area contributed by atoms with Crippen molar-refractivity contribution in [2.45, 2.75) is 57.5 Å². The van der Waals surface area contributed by atoms with E-state index in [9.17, 15) is 4.79 Å². The van der Waals surface area contributed by atoms with Gasteiger partial charge >= 0.3 is 0 Å². The Morgan fingerprint density at radius 3 is 2.20 bits per heavy atom. The predicted octanol–water partition coefficient (Wildman–Crippen LogP) is 2.87. The third kappa shape index (κ3) is 4.07. The van der Waals surface area contributed by atoms with Crippen LogP contribution >= 0.6 is 0 Å². The Morgan fingerprint density at radius 2 is 1.65 bits per heavy atom. The molecule has 2 rings (SSSR count). The smallest absolute Gasteiger partial charge is 0.226 e. The highest BCUT2D eigenvalue weighted by Gasteiger charge is 2.21. The maximum absolute atomic E-state index is 12.4. The first-order chi connectivity index (χ1) is 9.70. The molecule has 1 aromatic carbocycles. The second-order valence-corrected chi connectivity index (χ2v) is 5.85. The summed E-state index contributed by atoms with van der Waals surface area (Å²) in [7, 11) is 1.96. The number of benzene rings is 1. The van der Waals surface area contributed by atoms with Gasteiger partial charge in [-0.25, -0.2) is 0 Å². The number of hydrogen-bond donors (Lipinski definition) is 1. The maximum atomic E-state index is 12.4. The molecular formula is C17H26N2O. The Hall–Kier alpha value is -1.35. The third-order valence-electron chi connectivity index (χ3n) is 4.38. The molecule has 0 unspecified atom stereocenters. The molecule has 1 aliphatic carbocycles. The molecule has 0 atom stereocenters. The van der Waals surface area contributed by atoms with Crippen LogP contribution in [0.25, 0.3) is 0 Å². The van der Waals surface area contributed by atoms with Gasteiger partial charge < -0.3 is 10.6 Å². The van der Waals surface area contributed by atoms with Crippen molar-refractivity contribution in [2.75, 3.05) is 7.05 Å². The van der Waals surface area contributed by atoms with E-state index >= 15 is 0 Å². The molecule has 1 fully saturated rings. The zero-order valence-corrected chi connectivity index (χ0v) is 12.5. The molecule has 0 aliphatic heterocycles. The molecule has 0 saturated heterocycles. The Bertz CT molecular complexity index is 419. The first-order valence-electron chi connectivity index (χ1n) is 7.74. The van der Waals surface area contributed by atoms with Gasteiger partial charge in [0.25, 0.3) is 0 Å². The quantitative estimate of drug-likeness (QED) is 0.858. The van der Waals surface area contributed by atoms with Gasteiger partial charge in [0.2, 0.25) is 5.91 Å². The number of hydrogen-bond acceptors (Lipinski definition) is 2. The van der Waals surface area contributed by atoms with Crippen LogP contribution < -0.4 is 5.73 Å². The van der Waals surface area contributed by atoms with Crippen molar-refractivity contribution in [1.82, 2.24) is 4.90 Å². The van der Waals surface area contributed by atoms with Gasteiger partial charge in [-0.3, -0.25) is 4.79 Å². The lowest BCUT2D eigenvalue weighted by atomic mass is 10.1. The number of rotatable bonds is 4. The summed E-state index contributed by atoms with van der Waals surface area (Å²) in [5.74, 6) is 0.234. The lowest BCUT2D eigenvalue weighted by Gasteiger charge is -2.27. The molecule has 1 amide bonds. The van der Waals surface area contributed by atoms with E-state index in [1.807, 2.05) is 36.2 Å². The van der Waals surface area contributed by atoms with Gasteiger partial charge in [0.1, 0.15) is 0 Å². The van der Waals surface area contributed by atoms with Crippen molar-refractivity contribution >= 4 is 5.91 Å². The van der Waals surface area contributed by atoms with Crippen LogP contribution in [-0.4, -0.2) is 23.9 Å². The third-order valence-corrected chi connectivity index (χ3v) is 4.38. The van der Waals surface area contributed by atoms with Crippen molar-refractivity contribution in [1.29, 1.82) is 0 Å². The monoisotopic (exact) mass is 274 g/mol. The molecule has 0 aromatic heterocycles. The standard InChI is InChI=1S/C17H26N2O/c1-19(16-6-4-2-3-5-7-16)17(20)12-14-8-10-15(13-18)11-9-14/h8-11,16H,2-7,12-13,18H2,1H3. The van der Waals surface area contributed by atoms with Crippen molar-refractivity contribution in [3.8, 4) is 0 Å². The first kappa shape index (κ1) is 15.0. The number of amides is 1. The van der Waals surface area contributed by atoms with E-state index in [0.717, 1.165) is 24.0 Å². The number of nitrogens with two attached hydrogens (primary N) is 1. The van der Waals surface area contributed by atoms with E-state index in [0.29, 0.717) is 19.0 Å². The summed E-state index contributed by atoms with van der Waals surface area (Å²) < 4.78 is 0. The fourth-order valence-electron chi connectivity index (χ4n) is 2.94. The van der Waals surface area contributed by atoms with Gasteiger partial charge in [0, 0.05) is 19.6 Å². The summed E-state index contributed by atoms with van der Waals surface area (Å²) in [6.07, 6.45) is 7.97. The van der Waals surface area contributed by atoms with Gasteiger partial charge in [-0.05, 0) is 24.0 Å². The van der Waals surface area contributed by atoms with Gasteiger partial charge in [-0.1, -0.05) is 49.9 Å². The Balaban J connectivity index is 1.92. The highest BCUT2D eigenvalue weighted by molar-refractivity contribution is 5.78. The van der Waals surface area contributed by atoms with Crippen molar-refractivity contribution in [3.05, 3.63) is 35.4 Å². The molecule has 0 bridgehead atoms. The summed E-state index contributed by atoms with van der Waals surface area (Å²) >= 11 is 0. The van der Waals surface area contributed by atoms with Crippen LogP contribution in [0.3, 0.4) is 0 Å². The zero-order valence-electron chi connectivity index (χ0n) is 12.5. The summed E-state index contributed by atoms with van der Waals surface area (Å²) in [5.41, 5.74) is 7.77. The molecule has 3 nitrogen and oxygen atoms in total. The SMILES string of the molecule is CN(C(=O)Cc1ccc(CN)cc1)C1CCCCCC1. The average Bonchev–Trinajstić information content (AvgIpc) is 2.76. The van der Waals surface area contributed by atoms with Crippen LogP contribution in [0.15, 0.2) is 24.3 Å². The second-order valence-electron chi connectivity index (χ2n) is 5.85. The van der Waals surface area contributed by atoms with E-state index in [-0.39, 0.29) is 5.91 Å². The van der Waals surface area contributed by atoms with Crippen molar-refractivity contribution in [3.63, 3.8) is 0 Å². The molecule has 1 aliphatic rings. The summed E-state index contributed by atoms with van der Waals surface area (Å²) in [4.78, 5) is 14.4. The summed E-state index contributed by atoms with van der Waals surface area (Å²) in [6.45, 7) is 0.552. The van der Waals surface area contributed by atoms with Gasteiger partial charge in [0.05, 0.1) is 6.42 Å². The molecule has 2 N–H and O–H groups in total. The highest BCUT2D eigenvalue weighted by Crippen LogP contribution is 2.21. The Labute approximate surface area is 122 Å². The van der Waals surface area contributed by atoms with Gasteiger partial charge in [-0.15, -0.1) is 0 Å². The van der Waals surface area contributed by atoms with Crippen LogP contribution in [0, 0.1) is 0 Å². The molecular weight excluding hydrogens is 248 g/mol. The molecule has 110 valence electrons. The highest BCUT2D eigenvalue weighted by atomic mass is 16.2. The number of carbonyl (C=O) groups excluding carboxylic acids is 1. The van der Waals surface area contributed by atoms with Crippen molar-refractivity contribution < 1.29 is 4.79 Å². The number of carbonyl (C=O) groups is 1. The first-order valence-corrected chi connectivity index (χ1v) is 7.74. The van der Waals surface area contributed by atoms with E-state index in [1.165, 1.54) is 25.7 Å². The topological polar surface area (TPSA) is 46.3 Å². The lowest BCUT2D eigenvalue weighted by molar-refractivity contribution is -0.131.